The fourth-order valence-corrected chi connectivity index (χ4v) is 3.49. The topological polar surface area (TPSA) is 129 Å². The Bertz CT molecular complexity index is 923. The molecule has 1 aromatic carbocycles. The Morgan fingerprint density at radius 1 is 1.38 bits per heavy atom. The third-order valence-electron chi connectivity index (χ3n) is 3.30. The van der Waals surface area contributed by atoms with Gasteiger partial charge in [-0.25, -0.2) is 13.8 Å². The number of phenols is 1. The molecule has 9 nitrogen and oxygen atoms in total. The Morgan fingerprint density at radius 3 is 2.67 bits per heavy atom. The fourth-order valence-electron chi connectivity index (χ4n) is 2.34. The number of hydrogen-bond acceptors (Lipinski definition) is 6. The number of nitrogens with one attached hydrogen (secondary N) is 2. The molecule has 1 fully saturated rings. The van der Waals surface area contributed by atoms with Gasteiger partial charge in [-0.15, -0.1) is 0 Å². The summed E-state index contributed by atoms with van der Waals surface area (Å²) in [6, 6.07) is 4.14. The van der Waals surface area contributed by atoms with Crippen LogP contribution in [0.2, 0.25) is 0 Å². The molecule has 1 saturated heterocycles. The first-order valence-corrected chi connectivity index (χ1v) is 8.12. The van der Waals surface area contributed by atoms with E-state index in [0.29, 0.717) is 10.9 Å². The van der Waals surface area contributed by atoms with Crippen LogP contribution < -0.4 is 9.03 Å². The van der Waals surface area contributed by atoms with Crippen LogP contribution in [0.5, 0.6) is 5.75 Å². The number of anilines is 1. The van der Waals surface area contributed by atoms with E-state index >= 15 is 0 Å². The summed E-state index contributed by atoms with van der Waals surface area (Å²) in [4.78, 5) is 25.8. The maximum atomic E-state index is 11.9. The van der Waals surface area contributed by atoms with Crippen molar-refractivity contribution >= 4 is 90.1 Å². The Balaban J connectivity index is 0.00000208. The number of nitrogens with zero attached hydrogens (tertiary/aromatic N) is 1. The summed E-state index contributed by atoms with van der Waals surface area (Å²) >= 11 is 0. The number of esters is 1. The van der Waals surface area contributed by atoms with Gasteiger partial charge in [0.15, 0.2) is 0 Å². The van der Waals surface area contributed by atoms with Gasteiger partial charge in [-0.2, -0.15) is 8.42 Å². The molecular formula is C13H14KN3O6S. The number of aromatic nitrogens is 1. The first-order chi connectivity index (χ1) is 10.8. The molecule has 1 aromatic heterocycles. The summed E-state index contributed by atoms with van der Waals surface area (Å²) < 4.78 is 31.2. The monoisotopic (exact) mass is 379 g/mol. The van der Waals surface area contributed by atoms with Crippen LogP contribution in [0.1, 0.15) is 17.4 Å². The standard InChI is InChI=1S/C13H13N3O6S.K.H/c1-2-22-13(19)9-3-7-4-11(17)10(5-8(7)14-9)16-6-12(18)15-23(16,20)21;;/h3-5,14,17H,2,6H2,1H3,(H,15,18);;. The number of phenolic OH excluding ortho intramolecular Hbond substituents is 1. The number of aromatic amines is 1. The van der Waals surface area contributed by atoms with Gasteiger partial charge in [0.05, 0.1) is 12.3 Å². The van der Waals surface area contributed by atoms with Crippen molar-refractivity contribution < 1.29 is 27.9 Å². The van der Waals surface area contributed by atoms with Crippen molar-refractivity contribution in [1.82, 2.24) is 9.71 Å². The van der Waals surface area contributed by atoms with Crippen LogP contribution in [0.3, 0.4) is 0 Å². The molecule has 3 N–H and O–H groups in total. The number of hydrogen-bond donors (Lipinski definition) is 3. The van der Waals surface area contributed by atoms with Gasteiger partial charge >= 0.3 is 67.6 Å². The molecular weight excluding hydrogens is 365 g/mol. The van der Waals surface area contributed by atoms with Crippen molar-refractivity contribution in [1.29, 1.82) is 0 Å². The molecule has 0 bridgehead atoms. The van der Waals surface area contributed by atoms with E-state index in [1.54, 1.807) is 6.92 Å². The number of carbonyl (C=O) groups excluding carboxylic acids is 2. The van der Waals surface area contributed by atoms with Crippen LogP contribution in [0.25, 0.3) is 10.9 Å². The first-order valence-electron chi connectivity index (χ1n) is 6.68. The molecule has 124 valence electrons. The van der Waals surface area contributed by atoms with Gasteiger partial charge in [0.1, 0.15) is 18.0 Å². The van der Waals surface area contributed by atoms with Crippen molar-refractivity contribution in [2.75, 3.05) is 17.5 Å². The van der Waals surface area contributed by atoms with E-state index in [2.05, 4.69) is 4.98 Å². The molecule has 11 heteroatoms. The average molecular weight is 379 g/mol. The van der Waals surface area contributed by atoms with E-state index in [1.165, 1.54) is 18.2 Å². The summed E-state index contributed by atoms with van der Waals surface area (Å²) in [5.41, 5.74) is 0.542. The molecule has 1 amide bonds. The van der Waals surface area contributed by atoms with Gasteiger partial charge in [-0.05, 0) is 25.1 Å². The number of carbonyl (C=O) groups is 2. The molecule has 0 aliphatic carbocycles. The first kappa shape index (κ1) is 19.2. The SMILES string of the molecule is CCOC(=O)c1cc2cc(O)c(N3CC(=O)NS3(=O)=O)cc2[nH]1.[KH]. The molecule has 0 atom stereocenters. The molecule has 2 heterocycles. The van der Waals surface area contributed by atoms with Crippen LogP contribution in [-0.4, -0.2) is 94.9 Å². The zero-order valence-corrected chi connectivity index (χ0v) is 12.8. The van der Waals surface area contributed by atoms with Crippen LogP contribution in [0, 0.1) is 0 Å². The molecule has 0 unspecified atom stereocenters. The third-order valence-corrected chi connectivity index (χ3v) is 4.69. The van der Waals surface area contributed by atoms with Crippen molar-refractivity contribution in [3.05, 3.63) is 23.9 Å². The van der Waals surface area contributed by atoms with Crippen molar-refractivity contribution in [2.45, 2.75) is 6.92 Å². The number of H-pyrrole nitrogens is 1. The fraction of sp³-hybridized carbons (Fsp3) is 0.231. The third kappa shape index (κ3) is 3.46. The van der Waals surface area contributed by atoms with Crippen LogP contribution in [-0.2, 0) is 19.7 Å². The molecule has 0 spiro atoms. The van der Waals surface area contributed by atoms with E-state index in [9.17, 15) is 23.1 Å². The maximum absolute atomic E-state index is 11.9. The molecule has 24 heavy (non-hydrogen) atoms. The number of rotatable bonds is 3. The van der Waals surface area contributed by atoms with E-state index in [-0.39, 0.29) is 75.1 Å². The molecule has 2 aromatic rings. The quantitative estimate of drug-likeness (QED) is 0.491. The molecule has 3 rings (SSSR count). The Labute approximate surface area is 180 Å². The summed E-state index contributed by atoms with van der Waals surface area (Å²) in [5.74, 6) is -1.58. The van der Waals surface area contributed by atoms with E-state index in [4.69, 9.17) is 4.74 Å². The molecule has 1 aliphatic rings. The summed E-state index contributed by atoms with van der Waals surface area (Å²) in [6.45, 7) is 1.46. The van der Waals surface area contributed by atoms with Gasteiger partial charge in [0.2, 0.25) is 0 Å². The Hall–Kier alpha value is -1.11. The zero-order valence-electron chi connectivity index (χ0n) is 12.0. The minimum atomic E-state index is -4.03. The number of fused-ring (bicyclic) bond motifs is 1. The number of benzene rings is 1. The second-order valence-electron chi connectivity index (χ2n) is 4.87. The second kappa shape index (κ2) is 7.02. The molecule has 0 saturated carbocycles. The van der Waals surface area contributed by atoms with E-state index < -0.39 is 28.6 Å². The zero-order chi connectivity index (χ0) is 16.8. The predicted molar refractivity (Wildman–Crippen MR) is 87.5 cm³/mol. The number of ether oxygens (including phenoxy) is 1. The normalized spacial score (nSPS) is 15.9. The predicted octanol–water partition coefficient (Wildman–Crippen LogP) is -0.417. The second-order valence-corrected chi connectivity index (χ2v) is 6.46. The number of amides is 1. The van der Waals surface area contributed by atoms with Crippen LogP contribution >= 0.6 is 0 Å². The Morgan fingerprint density at radius 2 is 2.08 bits per heavy atom. The van der Waals surface area contributed by atoms with Crippen molar-refractivity contribution in [3.8, 4) is 5.75 Å². The van der Waals surface area contributed by atoms with Crippen LogP contribution in [0.15, 0.2) is 18.2 Å². The molecule has 1 aliphatic heterocycles. The average Bonchev–Trinajstić information content (AvgIpc) is 2.97. The minimum absolute atomic E-state index is 0. The van der Waals surface area contributed by atoms with Gasteiger partial charge in [-0.3, -0.25) is 4.79 Å². The van der Waals surface area contributed by atoms with Crippen molar-refractivity contribution in [2.24, 2.45) is 0 Å². The van der Waals surface area contributed by atoms with Gasteiger partial charge in [-0.1, -0.05) is 0 Å². The Kier molecular flexibility index (Phi) is 5.62. The summed E-state index contributed by atoms with van der Waals surface area (Å²) in [6.07, 6.45) is 0. The van der Waals surface area contributed by atoms with E-state index in [1.807, 2.05) is 4.72 Å². The summed E-state index contributed by atoms with van der Waals surface area (Å²) in [7, 11) is -4.03. The van der Waals surface area contributed by atoms with Crippen molar-refractivity contribution in [3.63, 3.8) is 0 Å². The summed E-state index contributed by atoms with van der Waals surface area (Å²) in [5, 5.41) is 10.6. The van der Waals surface area contributed by atoms with Gasteiger partial charge in [0, 0.05) is 10.9 Å². The van der Waals surface area contributed by atoms with Gasteiger partial charge in [0.25, 0.3) is 5.91 Å². The van der Waals surface area contributed by atoms with E-state index in [0.717, 1.165) is 4.31 Å². The number of aromatic hydroxyl groups is 1. The van der Waals surface area contributed by atoms with Crippen LogP contribution in [0.4, 0.5) is 5.69 Å². The van der Waals surface area contributed by atoms with Gasteiger partial charge < -0.3 is 14.8 Å². The molecule has 0 radical (unpaired) electrons.